The summed E-state index contributed by atoms with van der Waals surface area (Å²) in [5.74, 6) is 14.8. The van der Waals surface area contributed by atoms with Crippen molar-refractivity contribution in [3.8, 4) is 23.7 Å². The summed E-state index contributed by atoms with van der Waals surface area (Å²) in [6.45, 7) is 4.37. The highest BCUT2D eigenvalue weighted by atomic mass is 14.3. The molecule has 34 heavy (non-hydrogen) atoms. The van der Waals surface area contributed by atoms with Crippen LogP contribution in [0.4, 0.5) is 0 Å². The van der Waals surface area contributed by atoms with Gasteiger partial charge in [-0.25, -0.2) is 0 Å². The van der Waals surface area contributed by atoms with Crippen LogP contribution in [0.3, 0.4) is 0 Å². The molecule has 2 aromatic carbocycles. The van der Waals surface area contributed by atoms with Gasteiger partial charge < -0.3 is 0 Å². The number of unbranched alkanes of at least 4 members (excludes halogenated alkanes) is 5. The topological polar surface area (TPSA) is 0 Å². The van der Waals surface area contributed by atoms with E-state index in [1.807, 2.05) is 0 Å². The smallest absolute Gasteiger partial charge is 0.0249 e. The van der Waals surface area contributed by atoms with Gasteiger partial charge >= 0.3 is 0 Å². The van der Waals surface area contributed by atoms with E-state index in [0.717, 1.165) is 34.9 Å². The van der Waals surface area contributed by atoms with Crippen LogP contribution in [0.25, 0.3) is 0 Å². The van der Waals surface area contributed by atoms with Crippen LogP contribution in [0.15, 0.2) is 48.5 Å². The van der Waals surface area contributed by atoms with E-state index in [1.165, 1.54) is 89.0 Å². The lowest BCUT2D eigenvalue weighted by atomic mass is 9.77. The van der Waals surface area contributed by atoms with Crippen molar-refractivity contribution >= 4 is 0 Å². The minimum atomic E-state index is 0.887. The molecule has 0 radical (unpaired) electrons. The molecular formula is C34H44. The average Bonchev–Trinajstić information content (AvgIpc) is 2.89. The number of hydrogen-bond acceptors (Lipinski definition) is 0. The molecule has 0 spiro atoms. The van der Waals surface area contributed by atoms with Crippen LogP contribution in [-0.2, 0) is 6.42 Å². The van der Waals surface area contributed by atoms with E-state index in [-0.39, 0.29) is 0 Å². The summed E-state index contributed by atoms with van der Waals surface area (Å²) in [6.07, 6.45) is 19.4. The summed E-state index contributed by atoms with van der Waals surface area (Å²) in [5, 5.41) is 0. The van der Waals surface area contributed by atoms with Crippen LogP contribution in [0.1, 0.15) is 120 Å². The molecule has 0 saturated heterocycles. The van der Waals surface area contributed by atoms with Gasteiger partial charge in [0, 0.05) is 23.1 Å². The van der Waals surface area contributed by atoms with Gasteiger partial charge in [-0.15, -0.1) is 0 Å². The molecule has 0 nitrogen and oxygen atoms in total. The van der Waals surface area contributed by atoms with Gasteiger partial charge in [-0.1, -0.05) is 120 Å². The molecular weight excluding hydrogens is 408 g/mol. The normalized spacial score (nSPS) is 17.4. The summed E-state index contributed by atoms with van der Waals surface area (Å²) >= 11 is 0. The van der Waals surface area contributed by atoms with Crippen LogP contribution in [0.5, 0.6) is 0 Å². The molecule has 0 atom stereocenters. The highest BCUT2D eigenvalue weighted by Gasteiger charge is 2.20. The maximum atomic E-state index is 3.31. The Morgan fingerprint density at radius 2 is 1.09 bits per heavy atom. The van der Waals surface area contributed by atoms with Crippen molar-refractivity contribution in [1.29, 1.82) is 0 Å². The van der Waals surface area contributed by atoms with Crippen molar-refractivity contribution in [2.75, 3.05) is 0 Å². The van der Waals surface area contributed by atoms with E-state index >= 15 is 0 Å². The van der Waals surface area contributed by atoms with Crippen molar-refractivity contribution < 1.29 is 0 Å². The van der Waals surface area contributed by atoms with Crippen molar-refractivity contribution in [3.05, 3.63) is 70.8 Å². The Balaban J connectivity index is 1.35. The van der Waals surface area contributed by atoms with Crippen LogP contribution < -0.4 is 0 Å². The molecule has 0 aromatic heterocycles. The summed E-state index contributed by atoms with van der Waals surface area (Å²) in [5.41, 5.74) is 4.65. The van der Waals surface area contributed by atoms with Gasteiger partial charge in [0.25, 0.3) is 0 Å². The third-order valence-corrected chi connectivity index (χ3v) is 7.37. The lowest BCUT2D eigenvalue weighted by Crippen LogP contribution is -2.15. The molecule has 1 aliphatic rings. The monoisotopic (exact) mass is 452 g/mol. The predicted octanol–water partition coefficient (Wildman–Crippen LogP) is 9.34. The number of aryl methyl sites for hydroxylation is 1. The molecule has 0 unspecified atom stereocenters. The van der Waals surface area contributed by atoms with Gasteiger partial charge in [0.05, 0.1) is 0 Å². The third-order valence-electron chi connectivity index (χ3n) is 7.37. The molecule has 180 valence electrons. The second-order valence-electron chi connectivity index (χ2n) is 10.2. The molecule has 0 heterocycles. The number of benzene rings is 2. The zero-order chi connectivity index (χ0) is 23.8. The fourth-order valence-corrected chi connectivity index (χ4v) is 5.12. The molecule has 0 aliphatic heterocycles. The highest BCUT2D eigenvalue weighted by Crippen LogP contribution is 2.34. The van der Waals surface area contributed by atoms with Crippen molar-refractivity contribution in [3.63, 3.8) is 0 Å². The van der Waals surface area contributed by atoms with Crippen LogP contribution in [0.2, 0.25) is 0 Å². The van der Waals surface area contributed by atoms with Gasteiger partial charge in [-0.05, 0) is 66.6 Å². The standard InChI is InChI=1S/C34H44/c1-3-5-7-8-9-10-12-30-15-19-32(20-16-30)22-24-34-27-25-33(26-28-34)23-21-31-17-13-29(14-18-31)11-6-4-2/h13-14,17-18,25-28,30,32H,3-5,7-10,12,15-16,19-20,22,24H2,1-2H3. The zero-order valence-corrected chi connectivity index (χ0v) is 21.7. The Bertz CT molecular complexity index is 932. The zero-order valence-electron chi connectivity index (χ0n) is 21.7. The highest BCUT2D eigenvalue weighted by molar-refractivity contribution is 5.46. The van der Waals surface area contributed by atoms with Crippen molar-refractivity contribution in [1.82, 2.24) is 0 Å². The van der Waals surface area contributed by atoms with Gasteiger partial charge in [-0.3, -0.25) is 0 Å². The van der Waals surface area contributed by atoms with E-state index in [2.05, 4.69) is 86.1 Å². The molecule has 0 N–H and O–H groups in total. The molecule has 3 rings (SSSR count). The summed E-state index contributed by atoms with van der Waals surface area (Å²) in [4.78, 5) is 0. The van der Waals surface area contributed by atoms with E-state index in [1.54, 1.807) is 0 Å². The fraction of sp³-hybridized carbons (Fsp3) is 0.529. The Morgan fingerprint density at radius 3 is 1.68 bits per heavy atom. The number of hydrogen-bond donors (Lipinski definition) is 0. The van der Waals surface area contributed by atoms with Crippen LogP contribution in [-0.4, -0.2) is 0 Å². The minimum Gasteiger partial charge on any atom is -0.0982 e. The summed E-state index contributed by atoms with van der Waals surface area (Å²) < 4.78 is 0. The van der Waals surface area contributed by atoms with Crippen LogP contribution >= 0.6 is 0 Å². The first-order chi connectivity index (χ1) is 16.8. The first-order valence-electron chi connectivity index (χ1n) is 14.0. The van der Waals surface area contributed by atoms with Crippen molar-refractivity contribution in [2.24, 2.45) is 11.8 Å². The lowest BCUT2D eigenvalue weighted by molar-refractivity contribution is 0.248. The maximum Gasteiger partial charge on any atom is 0.0249 e. The molecule has 1 aliphatic carbocycles. The Hall–Kier alpha value is -2.44. The predicted molar refractivity (Wildman–Crippen MR) is 148 cm³/mol. The SMILES string of the molecule is CCC#Cc1ccc(C#Cc2ccc(CCC3CCC(CCCCCCCC)CC3)cc2)cc1. The van der Waals surface area contributed by atoms with Gasteiger partial charge in [0.2, 0.25) is 0 Å². The second-order valence-corrected chi connectivity index (χ2v) is 10.2. The summed E-state index contributed by atoms with van der Waals surface area (Å²) in [6, 6.07) is 17.1. The van der Waals surface area contributed by atoms with Crippen LogP contribution in [0, 0.1) is 35.5 Å². The van der Waals surface area contributed by atoms with E-state index in [0.29, 0.717) is 0 Å². The first kappa shape index (κ1) is 26.2. The first-order valence-corrected chi connectivity index (χ1v) is 14.0. The average molecular weight is 453 g/mol. The molecule has 2 aromatic rings. The van der Waals surface area contributed by atoms with E-state index in [4.69, 9.17) is 0 Å². The molecule has 0 bridgehead atoms. The number of rotatable bonds is 10. The van der Waals surface area contributed by atoms with E-state index < -0.39 is 0 Å². The second kappa shape index (κ2) is 15.5. The molecule has 0 amide bonds. The van der Waals surface area contributed by atoms with E-state index in [9.17, 15) is 0 Å². The Morgan fingerprint density at radius 1 is 0.588 bits per heavy atom. The van der Waals surface area contributed by atoms with Gasteiger partial charge in [0.1, 0.15) is 0 Å². The Labute approximate surface area is 210 Å². The quantitative estimate of drug-likeness (QED) is 0.249. The third kappa shape index (κ3) is 9.82. The maximum absolute atomic E-state index is 3.31. The Kier molecular flexibility index (Phi) is 11.9. The van der Waals surface area contributed by atoms with Crippen molar-refractivity contribution in [2.45, 2.75) is 104 Å². The van der Waals surface area contributed by atoms with Gasteiger partial charge in [-0.2, -0.15) is 0 Å². The summed E-state index contributed by atoms with van der Waals surface area (Å²) in [7, 11) is 0. The fourth-order valence-electron chi connectivity index (χ4n) is 5.12. The molecule has 1 fully saturated rings. The molecule has 1 saturated carbocycles. The van der Waals surface area contributed by atoms with Gasteiger partial charge in [0.15, 0.2) is 0 Å². The lowest BCUT2D eigenvalue weighted by Gasteiger charge is -2.28. The minimum absolute atomic E-state index is 0.887. The largest absolute Gasteiger partial charge is 0.0982 e. The molecule has 0 heteroatoms.